The quantitative estimate of drug-likeness (QED) is 0.0528. The van der Waals surface area contributed by atoms with Gasteiger partial charge in [0.1, 0.15) is 23.5 Å². The van der Waals surface area contributed by atoms with Crippen LogP contribution in [0.2, 0.25) is 18.1 Å². The van der Waals surface area contributed by atoms with Gasteiger partial charge in [-0.2, -0.15) is 5.26 Å². The average molecular weight is 907 g/mol. The number of likely N-dealkylation sites (N-methyl/N-ethyl adjacent to an activating group) is 1. The van der Waals surface area contributed by atoms with E-state index in [1.54, 1.807) is 32.9 Å². The van der Waals surface area contributed by atoms with Crippen molar-refractivity contribution in [3.05, 3.63) is 59.4 Å². The number of amides is 1. The van der Waals surface area contributed by atoms with Crippen LogP contribution in [0.1, 0.15) is 118 Å². The van der Waals surface area contributed by atoms with E-state index in [1.807, 2.05) is 56.0 Å². The lowest BCUT2D eigenvalue weighted by Gasteiger charge is -2.45. The number of likely N-dealkylation sites (tertiary alicyclic amines) is 1. The number of benzene rings is 3. The van der Waals surface area contributed by atoms with Gasteiger partial charge < -0.3 is 23.5 Å². The number of halogens is 1. The van der Waals surface area contributed by atoms with Gasteiger partial charge in [0.25, 0.3) is 0 Å². The highest BCUT2D eigenvalue weighted by Gasteiger charge is 2.53. The summed E-state index contributed by atoms with van der Waals surface area (Å²) < 4.78 is 44.4. The average Bonchev–Trinajstić information content (AvgIpc) is 3.97. The summed E-state index contributed by atoms with van der Waals surface area (Å²) in [5.74, 6) is 0.112. The maximum atomic E-state index is 18.5. The number of pyridine rings is 1. The molecule has 4 aliphatic rings. The molecule has 2 unspecified atom stereocenters. The first-order valence-electron chi connectivity index (χ1n) is 23.8. The fourth-order valence-corrected chi connectivity index (χ4v) is 10.7. The number of carbonyl (C=O) groups excluding carboxylic acids is 2. The zero-order valence-electron chi connectivity index (χ0n) is 41.0. The summed E-state index contributed by atoms with van der Waals surface area (Å²) in [7, 11) is 0.00414. The molecule has 1 aliphatic heterocycles. The van der Waals surface area contributed by atoms with Crippen molar-refractivity contribution in [3.8, 4) is 28.8 Å². The summed E-state index contributed by atoms with van der Waals surface area (Å²) in [4.78, 5) is 37.6. The molecule has 10 nitrogen and oxygen atoms in total. The molecule has 2 heterocycles. The monoisotopic (exact) mass is 907 g/mol. The van der Waals surface area contributed by atoms with Crippen LogP contribution in [0.25, 0.3) is 32.8 Å². The second-order valence-corrected chi connectivity index (χ2v) is 27.1. The van der Waals surface area contributed by atoms with Gasteiger partial charge in [-0.1, -0.05) is 45.0 Å². The van der Waals surface area contributed by atoms with Crippen LogP contribution in [0.3, 0.4) is 0 Å². The predicted molar refractivity (Wildman–Crippen MR) is 260 cm³/mol. The molecule has 3 aliphatic carbocycles. The molecule has 8 rings (SSSR count). The fourth-order valence-electron chi connectivity index (χ4n) is 9.64. The Morgan fingerprint density at radius 3 is 2.29 bits per heavy atom. The van der Waals surface area contributed by atoms with Crippen molar-refractivity contribution in [2.75, 3.05) is 31.7 Å². The SMILES string of the molecule is CN1CCC[C@H]1COc1nc2c(F)c(-c3cc(OC(=O)C(C)(C)C)cc4ccccc34)c(CCC#N)cc2c(N(C(=O)OC(C)(C)C)C2C3CCC2C3)c1CCCO[Si](C)(C)C(C)(C)C. The molecule has 2 bridgehead atoms. The van der Waals surface area contributed by atoms with Gasteiger partial charge in [0.15, 0.2) is 14.1 Å². The van der Waals surface area contributed by atoms with E-state index in [-0.39, 0.29) is 58.6 Å². The van der Waals surface area contributed by atoms with E-state index in [2.05, 4.69) is 51.9 Å². The number of nitrogens with zero attached hydrogens (tertiary/aromatic N) is 4. The van der Waals surface area contributed by atoms with E-state index in [4.69, 9.17) is 23.6 Å². The molecule has 3 saturated carbocycles. The number of carbonyl (C=O) groups is 2. The zero-order valence-corrected chi connectivity index (χ0v) is 42.0. The summed E-state index contributed by atoms with van der Waals surface area (Å²) in [5.41, 5.74) is 1.13. The second kappa shape index (κ2) is 18.6. The molecule has 0 spiro atoms. The van der Waals surface area contributed by atoms with E-state index in [1.165, 1.54) is 0 Å². The number of hydrogen-bond donors (Lipinski definition) is 0. The number of aromatic nitrogens is 1. The minimum absolute atomic E-state index is 0.0232. The van der Waals surface area contributed by atoms with E-state index in [9.17, 15) is 10.1 Å². The van der Waals surface area contributed by atoms with Gasteiger partial charge in [-0.3, -0.25) is 9.69 Å². The van der Waals surface area contributed by atoms with Crippen LogP contribution in [0.15, 0.2) is 42.5 Å². The van der Waals surface area contributed by atoms with Crippen molar-refractivity contribution in [3.63, 3.8) is 0 Å². The van der Waals surface area contributed by atoms with Gasteiger partial charge in [-0.15, -0.1) is 0 Å². The summed E-state index contributed by atoms with van der Waals surface area (Å²) in [6, 6.07) is 15.4. The van der Waals surface area contributed by atoms with E-state index in [0.717, 1.165) is 55.0 Å². The fraction of sp³-hybridized carbons (Fsp3) is 0.585. The molecule has 1 saturated heterocycles. The predicted octanol–water partition coefficient (Wildman–Crippen LogP) is 12.6. The Morgan fingerprint density at radius 2 is 1.68 bits per heavy atom. The van der Waals surface area contributed by atoms with Gasteiger partial charge in [0.2, 0.25) is 5.88 Å². The first-order chi connectivity index (χ1) is 30.5. The normalized spacial score (nSPS) is 20.2. The third-order valence-electron chi connectivity index (χ3n) is 14.3. The third kappa shape index (κ3) is 10.2. The van der Waals surface area contributed by atoms with Crippen LogP contribution < -0.4 is 14.4 Å². The number of fused-ring (bicyclic) bond motifs is 3. The molecule has 3 atom stereocenters. The molecule has 4 fully saturated rings. The van der Waals surface area contributed by atoms with Crippen molar-refractivity contribution >= 4 is 47.7 Å². The Hall–Kier alpha value is -4.57. The summed E-state index contributed by atoms with van der Waals surface area (Å²) in [6.07, 6.45) is 5.99. The molecule has 1 aromatic heterocycles. The molecule has 65 heavy (non-hydrogen) atoms. The molecule has 1 amide bonds. The number of rotatable bonds is 14. The lowest BCUT2D eigenvalue weighted by atomic mass is 9.76. The Bertz CT molecular complexity index is 2470. The van der Waals surface area contributed by atoms with Crippen molar-refractivity contribution in [2.45, 2.75) is 156 Å². The second-order valence-electron chi connectivity index (χ2n) is 22.3. The molecular weight excluding hydrogens is 836 g/mol. The standard InChI is InChI=1S/C53H71FN4O6Si/c1-51(2,3)49(59)63-38-29-33-18-13-14-21-39(33)41(31-38)43-34(19-15-25-55)30-42-45(44(43)54)56-48(61-32-37-20-16-26-57(37)10)40(22-17-27-62-65(11,12)53(7,8)9)47(42)58(50(60)64-52(4,5)6)46-35-23-24-36(46)28-35/h13-14,18,21,29-31,35-37,46H,15-17,19-20,22-24,26-28,32H2,1-12H3/t35?,36?,37-,46?/m0/s1. The Kier molecular flexibility index (Phi) is 13.8. The highest BCUT2D eigenvalue weighted by atomic mass is 28.4. The maximum Gasteiger partial charge on any atom is 0.415 e. The molecule has 0 radical (unpaired) electrons. The maximum absolute atomic E-state index is 18.5. The van der Waals surface area contributed by atoms with Gasteiger partial charge in [0.05, 0.1) is 17.2 Å². The summed E-state index contributed by atoms with van der Waals surface area (Å²) >= 11 is 0. The van der Waals surface area contributed by atoms with Crippen molar-refractivity contribution < 1.29 is 32.6 Å². The van der Waals surface area contributed by atoms with Crippen LogP contribution in [-0.4, -0.2) is 74.8 Å². The Morgan fingerprint density at radius 1 is 0.969 bits per heavy atom. The van der Waals surface area contributed by atoms with Gasteiger partial charge in [-0.25, -0.2) is 14.2 Å². The van der Waals surface area contributed by atoms with Crippen LogP contribution >= 0.6 is 0 Å². The third-order valence-corrected chi connectivity index (χ3v) is 18.8. The number of hydrogen-bond acceptors (Lipinski definition) is 9. The van der Waals surface area contributed by atoms with Gasteiger partial charge >= 0.3 is 12.1 Å². The largest absolute Gasteiger partial charge is 0.476 e. The van der Waals surface area contributed by atoms with Crippen LogP contribution in [0, 0.1) is 34.4 Å². The van der Waals surface area contributed by atoms with Crippen LogP contribution in [-0.2, 0) is 26.8 Å². The molecule has 12 heteroatoms. The van der Waals surface area contributed by atoms with Gasteiger partial charge in [-0.05, 0) is 177 Å². The minimum Gasteiger partial charge on any atom is -0.476 e. The number of anilines is 1. The topological polar surface area (TPSA) is 114 Å². The minimum atomic E-state index is -2.09. The molecule has 3 aromatic carbocycles. The van der Waals surface area contributed by atoms with Crippen molar-refractivity contribution in [2.24, 2.45) is 17.3 Å². The first kappa shape index (κ1) is 48.4. The lowest BCUT2D eigenvalue weighted by Crippen LogP contribution is -2.53. The molecule has 0 N–H and O–H groups in total. The zero-order chi connectivity index (χ0) is 47.2. The Balaban J connectivity index is 1.52. The summed E-state index contributed by atoms with van der Waals surface area (Å²) in [5, 5.41) is 12.0. The Labute approximate surface area is 387 Å². The van der Waals surface area contributed by atoms with Gasteiger partial charge in [0, 0.05) is 41.6 Å². The van der Waals surface area contributed by atoms with E-state index in [0.29, 0.717) is 54.1 Å². The number of ether oxygens (including phenoxy) is 3. The lowest BCUT2D eigenvalue weighted by molar-refractivity contribution is -0.142. The number of aryl methyl sites for hydroxylation is 1. The highest BCUT2D eigenvalue weighted by Crippen LogP contribution is 2.55. The van der Waals surface area contributed by atoms with E-state index >= 15 is 9.18 Å². The highest BCUT2D eigenvalue weighted by molar-refractivity contribution is 6.74. The van der Waals surface area contributed by atoms with Crippen molar-refractivity contribution in [1.29, 1.82) is 5.26 Å². The first-order valence-corrected chi connectivity index (χ1v) is 26.7. The number of esters is 1. The molecular formula is C53H71FN4O6Si. The number of nitriles is 1. The van der Waals surface area contributed by atoms with Crippen molar-refractivity contribution in [1.82, 2.24) is 9.88 Å². The molecule has 350 valence electrons. The smallest absolute Gasteiger partial charge is 0.415 e. The van der Waals surface area contributed by atoms with Crippen LogP contribution in [0.5, 0.6) is 11.6 Å². The van der Waals surface area contributed by atoms with Crippen LogP contribution in [0.4, 0.5) is 14.9 Å². The molecule has 4 aromatic rings. The summed E-state index contributed by atoms with van der Waals surface area (Å²) in [6.45, 7) is 24.0. The van der Waals surface area contributed by atoms with E-state index < -0.39 is 37.2 Å².